The number of rotatable bonds is 3. The SMILES string of the molecule is CNC(c1cc2cccc(F)c2o1)C1C2CCCC21. The van der Waals surface area contributed by atoms with Gasteiger partial charge in [-0.2, -0.15) is 0 Å². The number of hydrogen-bond donors (Lipinski definition) is 1. The minimum Gasteiger partial charge on any atom is -0.456 e. The average Bonchev–Trinajstić information content (AvgIpc) is 2.84. The molecule has 0 radical (unpaired) electrons. The highest BCUT2D eigenvalue weighted by molar-refractivity contribution is 5.78. The maximum absolute atomic E-state index is 13.7. The summed E-state index contributed by atoms with van der Waals surface area (Å²) in [6.07, 6.45) is 4.07. The van der Waals surface area contributed by atoms with E-state index in [4.69, 9.17) is 4.42 Å². The van der Waals surface area contributed by atoms with E-state index in [1.54, 1.807) is 6.07 Å². The van der Waals surface area contributed by atoms with Crippen molar-refractivity contribution in [3.05, 3.63) is 35.8 Å². The van der Waals surface area contributed by atoms with Gasteiger partial charge in [-0.25, -0.2) is 4.39 Å². The van der Waals surface area contributed by atoms with Crippen LogP contribution >= 0.6 is 0 Å². The zero-order chi connectivity index (χ0) is 13.0. The third-order valence-electron chi connectivity index (χ3n) is 4.99. The summed E-state index contributed by atoms with van der Waals surface area (Å²) >= 11 is 0. The van der Waals surface area contributed by atoms with Crippen molar-refractivity contribution in [3.63, 3.8) is 0 Å². The van der Waals surface area contributed by atoms with E-state index < -0.39 is 0 Å². The molecule has 3 unspecified atom stereocenters. The Balaban J connectivity index is 1.70. The normalized spacial score (nSPS) is 30.5. The van der Waals surface area contributed by atoms with Gasteiger partial charge >= 0.3 is 0 Å². The van der Waals surface area contributed by atoms with Crippen LogP contribution in [-0.4, -0.2) is 7.05 Å². The van der Waals surface area contributed by atoms with Gasteiger partial charge in [-0.05, 0) is 49.8 Å². The topological polar surface area (TPSA) is 25.2 Å². The molecule has 2 aliphatic rings. The zero-order valence-corrected chi connectivity index (χ0v) is 11.0. The van der Waals surface area contributed by atoms with Crippen LogP contribution in [0.25, 0.3) is 11.0 Å². The maximum atomic E-state index is 13.7. The second-order valence-corrected chi connectivity index (χ2v) is 5.91. The van der Waals surface area contributed by atoms with Crippen molar-refractivity contribution in [1.29, 1.82) is 0 Å². The molecule has 0 saturated heterocycles. The van der Waals surface area contributed by atoms with E-state index in [9.17, 15) is 4.39 Å². The van der Waals surface area contributed by atoms with Crippen molar-refractivity contribution in [2.45, 2.75) is 25.3 Å². The van der Waals surface area contributed by atoms with Crippen molar-refractivity contribution in [2.24, 2.45) is 17.8 Å². The summed E-state index contributed by atoms with van der Waals surface area (Å²) in [5, 5.41) is 4.24. The van der Waals surface area contributed by atoms with Crippen molar-refractivity contribution in [2.75, 3.05) is 7.05 Å². The lowest BCUT2D eigenvalue weighted by Crippen LogP contribution is -2.19. The Labute approximate surface area is 112 Å². The van der Waals surface area contributed by atoms with E-state index >= 15 is 0 Å². The third kappa shape index (κ3) is 1.64. The van der Waals surface area contributed by atoms with Crippen LogP contribution in [0, 0.1) is 23.6 Å². The molecule has 1 aromatic heterocycles. The summed E-state index contributed by atoms with van der Waals surface area (Å²) in [5.74, 6) is 3.02. The first-order valence-electron chi connectivity index (χ1n) is 7.15. The lowest BCUT2D eigenvalue weighted by atomic mass is 10.0. The summed E-state index contributed by atoms with van der Waals surface area (Å²) in [4.78, 5) is 0. The molecule has 1 heterocycles. The van der Waals surface area contributed by atoms with E-state index in [0.717, 1.165) is 23.0 Å². The molecule has 3 heteroatoms. The fraction of sp³-hybridized carbons (Fsp3) is 0.500. The molecule has 19 heavy (non-hydrogen) atoms. The summed E-state index contributed by atoms with van der Waals surface area (Å²) < 4.78 is 19.5. The van der Waals surface area contributed by atoms with Gasteiger partial charge in [0, 0.05) is 5.39 Å². The number of fused-ring (bicyclic) bond motifs is 2. The lowest BCUT2D eigenvalue weighted by molar-refractivity contribution is 0.374. The molecule has 1 aromatic carbocycles. The summed E-state index contributed by atoms with van der Waals surface area (Å²) in [6, 6.07) is 7.33. The Morgan fingerprint density at radius 2 is 2.11 bits per heavy atom. The van der Waals surface area contributed by atoms with Crippen LogP contribution in [0.1, 0.15) is 31.1 Å². The second kappa shape index (κ2) is 4.07. The highest BCUT2D eigenvalue weighted by atomic mass is 19.1. The Morgan fingerprint density at radius 3 is 2.79 bits per heavy atom. The quantitative estimate of drug-likeness (QED) is 0.905. The number of furan rings is 1. The standard InChI is InChI=1S/C16H18FNO/c1-18-15(14-10-5-3-6-11(10)14)13-8-9-4-2-7-12(17)16(9)19-13/h2,4,7-8,10-11,14-15,18H,3,5-6H2,1H3. The molecule has 3 atom stereocenters. The fourth-order valence-corrected chi connectivity index (χ4v) is 4.10. The second-order valence-electron chi connectivity index (χ2n) is 5.91. The van der Waals surface area contributed by atoms with Gasteiger partial charge in [-0.15, -0.1) is 0 Å². The summed E-state index contributed by atoms with van der Waals surface area (Å²) in [7, 11) is 1.97. The third-order valence-corrected chi connectivity index (χ3v) is 4.99. The van der Waals surface area contributed by atoms with Gasteiger partial charge in [0.25, 0.3) is 0 Å². The van der Waals surface area contributed by atoms with E-state index in [1.165, 1.54) is 25.3 Å². The minimum absolute atomic E-state index is 0.238. The van der Waals surface area contributed by atoms with Gasteiger partial charge in [-0.1, -0.05) is 18.6 Å². The van der Waals surface area contributed by atoms with Gasteiger partial charge in [-0.3, -0.25) is 0 Å². The molecule has 0 amide bonds. The number of nitrogens with one attached hydrogen (secondary N) is 1. The van der Waals surface area contributed by atoms with Crippen molar-refractivity contribution in [3.8, 4) is 0 Å². The molecule has 2 saturated carbocycles. The molecule has 2 fully saturated rings. The van der Waals surface area contributed by atoms with Gasteiger partial charge in [0.1, 0.15) is 5.76 Å². The average molecular weight is 259 g/mol. The summed E-state index contributed by atoms with van der Waals surface area (Å²) in [6.45, 7) is 0. The number of benzene rings is 1. The van der Waals surface area contributed by atoms with E-state index in [-0.39, 0.29) is 11.9 Å². The number of hydrogen-bond acceptors (Lipinski definition) is 2. The zero-order valence-electron chi connectivity index (χ0n) is 11.0. The number of para-hydroxylation sites is 1. The molecule has 2 aliphatic carbocycles. The minimum atomic E-state index is -0.269. The van der Waals surface area contributed by atoms with Crippen molar-refractivity contribution in [1.82, 2.24) is 5.32 Å². The van der Waals surface area contributed by atoms with Crippen molar-refractivity contribution < 1.29 is 8.81 Å². The van der Waals surface area contributed by atoms with Gasteiger partial charge in [0.05, 0.1) is 6.04 Å². The molecular formula is C16H18FNO. The molecular weight excluding hydrogens is 241 g/mol. The van der Waals surface area contributed by atoms with E-state index in [2.05, 4.69) is 5.32 Å². The fourth-order valence-electron chi connectivity index (χ4n) is 4.10. The largest absolute Gasteiger partial charge is 0.456 e. The first-order chi connectivity index (χ1) is 9.29. The van der Waals surface area contributed by atoms with Crippen LogP contribution in [0.2, 0.25) is 0 Å². The van der Waals surface area contributed by atoms with Crippen LogP contribution in [0.15, 0.2) is 28.7 Å². The first-order valence-corrected chi connectivity index (χ1v) is 7.15. The highest BCUT2D eigenvalue weighted by Gasteiger charge is 2.56. The van der Waals surface area contributed by atoms with Gasteiger partial charge < -0.3 is 9.73 Å². The van der Waals surface area contributed by atoms with Crippen LogP contribution in [0.4, 0.5) is 4.39 Å². The highest BCUT2D eigenvalue weighted by Crippen LogP contribution is 2.62. The lowest BCUT2D eigenvalue weighted by Gasteiger charge is -2.15. The molecule has 2 aromatic rings. The van der Waals surface area contributed by atoms with E-state index in [1.807, 2.05) is 19.2 Å². The first kappa shape index (κ1) is 11.5. The Kier molecular flexibility index (Phi) is 2.46. The smallest absolute Gasteiger partial charge is 0.169 e. The van der Waals surface area contributed by atoms with Gasteiger partial charge in [0.15, 0.2) is 11.4 Å². The van der Waals surface area contributed by atoms with Crippen LogP contribution in [0.5, 0.6) is 0 Å². The van der Waals surface area contributed by atoms with Crippen LogP contribution in [-0.2, 0) is 0 Å². The Morgan fingerprint density at radius 1 is 1.32 bits per heavy atom. The molecule has 0 aliphatic heterocycles. The molecule has 1 N–H and O–H groups in total. The van der Waals surface area contributed by atoms with Crippen LogP contribution in [0.3, 0.4) is 0 Å². The van der Waals surface area contributed by atoms with Gasteiger partial charge in [0.2, 0.25) is 0 Å². The predicted molar refractivity (Wildman–Crippen MR) is 72.3 cm³/mol. The molecule has 100 valence electrons. The Hall–Kier alpha value is -1.35. The summed E-state index contributed by atoms with van der Waals surface area (Å²) in [5.41, 5.74) is 0.392. The predicted octanol–water partition coefficient (Wildman–Crippen LogP) is 3.88. The monoisotopic (exact) mass is 259 g/mol. The van der Waals surface area contributed by atoms with Crippen molar-refractivity contribution >= 4 is 11.0 Å². The van der Waals surface area contributed by atoms with Crippen LogP contribution < -0.4 is 5.32 Å². The Bertz CT molecular complexity index is 610. The molecule has 0 bridgehead atoms. The molecule has 2 nitrogen and oxygen atoms in total. The molecule has 0 spiro atoms. The maximum Gasteiger partial charge on any atom is 0.169 e. The van der Waals surface area contributed by atoms with E-state index in [0.29, 0.717) is 11.5 Å². The number of halogens is 1. The molecule has 4 rings (SSSR count).